The molecule has 4 atom stereocenters. The summed E-state index contributed by atoms with van der Waals surface area (Å²) >= 11 is 0. The number of aromatic nitrogens is 2. The first kappa shape index (κ1) is 35.8. The number of hydrogen-bond donors (Lipinski definition) is 0. The molecule has 288 valence electrons. The van der Waals surface area contributed by atoms with Gasteiger partial charge in [0.05, 0.1) is 16.8 Å². The number of fused-ring (bicyclic) bond motifs is 9. The van der Waals surface area contributed by atoms with Gasteiger partial charge in [-0.25, -0.2) is 9.97 Å². The third-order valence-corrected chi connectivity index (χ3v) is 14.0. The number of ether oxygens (including phenoxy) is 1. The molecule has 0 N–H and O–H groups in total. The molecule has 3 unspecified atom stereocenters. The molecule has 0 radical (unpaired) electrons. The summed E-state index contributed by atoms with van der Waals surface area (Å²) in [5.74, 6) is 3.63. The summed E-state index contributed by atoms with van der Waals surface area (Å²) in [4.78, 5) is 10.6. The van der Waals surface area contributed by atoms with Crippen molar-refractivity contribution in [2.24, 2.45) is 11.8 Å². The van der Waals surface area contributed by atoms with Crippen molar-refractivity contribution in [1.82, 2.24) is 9.97 Å². The van der Waals surface area contributed by atoms with Crippen molar-refractivity contribution < 1.29 is 4.74 Å². The number of benzene rings is 6. The Morgan fingerprint density at radius 3 is 1.97 bits per heavy atom. The van der Waals surface area contributed by atoms with Crippen LogP contribution >= 0.6 is 0 Å². The Morgan fingerprint density at radius 2 is 1.22 bits per heavy atom. The first-order chi connectivity index (χ1) is 29.0. The number of para-hydroxylation sites is 2. The fraction of sp³-hybridized carbons (Fsp3) is 0.214. The van der Waals surface area contributed by atoms with Crippen LogP contribution in [-0.2, 0) is 10.8 Å². The minimum atomic E-state index is -0.399. The molecule has 4 aliphatic rings. The topological polar surface area (TPSA) is 35.0 Å². The van der Waals surface area contributed by atoms with Gasteiger partial charge in [0.15, 0.2) is 5.82 Å². The Balaban J connectivity index is 1.01. The maximum Gasteiger partial charge on any atom is 0.160 e. The molecule has 0 amide bonds. The Kier molecular flexibility index (Phi) is 8.62. The Bertz CT molecular complexity index is 2740. The van der Waals surface area contributed by atoms with Gasteiger partial charge in [-0.15, -0.1) is 0 Å². The molecule has 3 heteroatoms. The lowest BCUT2D eigenvalue weighted by Crippen LogP contribution is -2.38. The fourth-order valence-electron chi connectivity index (χ4n) is 11.3. The molecule has 6 aromatic carbocycles. The predicted octanol–water partition coefficient (Wildman–Crippen LogP) is 14.1. The normalized spacial score (nSPS) is 22.3. The molecule has 0 saturated heterocycles. The zero-order valence-corrected chi connectivity index (χ0v) is 33.8. The third kappa shape index (κ3) is 5.85. The molecule has 1 saturated carbocycles. The van der Waals surface area contributed by atoms with Gasteiger partial charge in [0.2, 0.25) is 0 Å². The minimum Gasteiger partial charge on any atom is -0.457 e. The highest BCUT2D eigenvalue weighted by Gasteiger charge is 2.57. The van der Waals surface area contributed by atoms with Gasteiger partial charge in [-0.2, -0.15) is 0 Å². The van der Waals surface area contributed by atoms with E-state index in [1.807, 2.05) is 0 Å². The van der Waals surface area contributed by atoms with Crippen LogP contribution in [0.2, 0.25) is 0 Å². The second-order valence-electron chi connectivity index (χ2n) is 17.6. The monoisotopic (exact) mass is 764 g/mol. The smallest absolute Gasteiger partial charge is 0.160 e. The van der Waals surface area contributed by atoms with Crippen molar-refractivity contribution in [1.29, 1.82) is 0 Å². The van der Waals surface area contributed by atoms with E-state index in [9.17, 15) is 0 Å². The third-order valence-electron chi connectivity index (χ3n) is 14.0. The molecule has 1 fully saturated rings. The summed E-state index contributed by atoms with van der Waals surface area (Å²) in [7, 11) is 0. The SMILES string of the molecule is C[C@H]1CCCCC(C)(c2ccc(-c3cc(-c4ccccc4)nc(-c4cccc(C5=CC=CC6C5c5ccccc5C65c6ccccc6Oc6ccccc65)c4)n3)cc2)C1. The van der Waals surface area contributed by atoms with Crippen LogP contribution < -0.4 is 4.74 Å². The summed E-state index contributed by atoms with van der Waals surface area (Å²) in [6, 6.07) is 57.3. The van der Waals surface area contributed by atoms with Crippen LogP contribution in [0.3, 0.4) is 0 Å². The summed E-state index contributed by atoms with van der Waals surface area (Å²) in [5, 5.41) is 0. The standard InChI is InChI=1S/C56H48N2O/c1-37-16-12-13-33-55(2,36-37)42-31-29-39(30-32-42)50-35-49(38-17-4-3-5-18-38)57-54(58-50)41-20-14-19-40(34-41)43-22-15-26-48-53(43)44-21-6-7-23-45(44)56(48)46-24-8-10-27-51(46)59-52-28-11-9-25-47(52)56/h3-11,14-15,17-32,34-35,37,48,53H,12-13,16,33,36H2,1-2H3/t37-,48?,53?,55?/m0/s1. The average Bonchev–Trinajstić information content (AvgIpc) is 3.46. The molecule has 11 rings (SSSR count). The maximum absolute atomic E-state index is 6.61. The number of rotatable bonds is 5. The summed E-state index contributed by atoms with van der Waals surface area (Å²) in [5.41, 5.74) is 14.0. The van der Waals surface area contributed by atoms with E-state index in [1.54, 1.807) is 0 Å². The van der Waals surface area contributed by atoms with Crippen LogP contribution in [-0.4, -0.2) is 9.97 Å². The summed E-state index contributed by atoms with van der Waals surface area (Å²) in [6.45, 7) is 4.89. The van der Waals surface area contributed by atoms with Gasteiger partial charge in [0.25, 0.3) is 0 Å². The zero-order chi connectivity index (χ0) is 39.6. The molecule has 3 nitrogen and oxygen atoms in total. The largest absolute Gasteiger partial charge is 0.457 e. The van der Waals surface area contributed by atoms with Crippen LogP contribution in [0.4, 0.5) is 0 Å². The van der Waals surface area contributed by atoms with Crippen molar-refractivity contribution in [3.05, 3.63) is 209 Å². The van der Waals surface area contributed by atoms with Gasteiger partial charge < -0.3 is 4.74 Å². The molecule has 3 aliphatic carbocycles. The van der Waals surface area contributed by atoms with E-state index in [0.717, 1.165) is 51.3 Å². The average molecular weight is 765 g/mol. The van der Waals surface area contributed by atoms with Crippen LogP contribution in [0.25, 0.3) is 39.5 Å². The minimum absolute atomic E-state index is 0.134. The first-order valence-corrected chi connectivity index (χ1v) is 21.5. The van der Waals surface area contributed by atoms with E-state index >= 15 is 0 Å². The molecular weight excluding hydrogens is 717 g/mol. The van der Waals surface area contributed by atoms with E-state index in [0.29, 0.717) is 0 Å². The molecule has 2 heterocycles. The molecular formula is C56H48N2O. The number of allylic oxidation sites excluding steroid dienone is 4. The van der Waals surface area contributed by atoms with Gasteiger partial charge >= 0.3 is 0 Å². The zero-order valence-electron chi connectivity index (χ0n) is 33.8. The first-order valence-electron chi connectivity index (χ1n) is 21.5. The molecule has 1 spiro atoms. The van der Waals surface area contributed by atoms with E-state index in [1.165, 1.54) is 71.1 Å². The van der Waals surface area contributed by atoms with Gasteiger partial charge in [-0.3, -0.25) is 0 Å². The van der Waals surface area contributed by atoms with Crippen molar-refractivity contribution >= 4 is 5.57 Å². The number of hydrogen-bond acceptors (Lipinski definition) is 3. The molecule has 7 aromatic rings. The summed E-state index contributed by atoms with van der Waals surface area (Å²) < 4.78 is 6.61. The van der Waals surface area contributed by atoms with Crippen molar-refractivity contribution in [2.45, 2.75) is 62.7 Å². The van der Waals surface area contributed by atoms with E-state index in [4.69, 9.17) is 14.7 Å². The van der Waals surface area contributed by atoms with Gasteiger partial charge in [-0.1, -0.05) is 185 Å². The van der Waals surface area contributed by atoms with E-state index in [-0.39, 0.29) is 17.3 Å². The van der Waals surface area contributed by atoms with Gasteiger partial charge in [0.1, 0.15) is 11.5 Å². The highest BCUT2D eigenvalue weighted by Crippen LogP contribution is 2.66. The highest BCUT2D eigenvalue weighted by molar-refractivity contribution is 5.83. The Morgan fingerprint density at radius 1 is 0.593 bits per heavy atom. The van der Waals surface area contributed by atoms with Crippen LogP contribution in [0, 0.1) is 11.8 Å². The van der Waals surface area contributed by atoms with Crippen molar-refractivity contribution in [2.75, 3.05) is 0 Å². The lowest BCUT2D eigenvalue weighted by molar-refractivity contribution is 0.356. The van der Waals surface area contributed by atoms with Crippen molar-refractivity contribution in [3.8, 4) is 45.4 Å². The van der Waals surface area contributed by atoms with Gasteiger partial charge in [0, 0.05) is 39.7 Å². The second-order valence-corrected chi connectivity index (χ2v) is 17.6. The predicted molar refractivity (Wildman–Crippen MR) is 241 cm³/mol. The van der Waals surface area contributed by atoms with Gasteiger partial charge in [-0.05, 0) is 76.3 Å². The summed E-state index contributed by atoms with van der Waals surface area (Å²) in [6.07, 6.45) is 13.5. The van der Waals surface area contributed by atoms with Crippen molar-refractivity contribution in [3.63, 3.8) is 0 Å². The fourth-order valence-corrected chi connectivity index (χ4v) is 11.3. The quantitative estimate of drug-likeness (QED) is 0.164. The maximum atomic E-state index is 6.61. The molecule has 59 heavy (non-hydrogen) atoms. The highest BCUT2D eigenvalue weighted by atomic mass is 16.5. The Hall–Kier alpha value is -6.32. The van der Waals surface area contributed by atoms with E-state index in [2.05, 4.69) is 190 Å². The lowest BCUT2D eigenvalue weighted by atomic mass is 9.61. The molecule has 1 aliphatic heterocycles. The molecule has 0 bridgehead atoms. The van der Waals surface area contributed by atoms with Crippen LogP contribution in [0.15, 0.2) is 176 Å². The second kappa shape index (κ2) is 14.2. The number of nitrogens with zero attached hydrogens (tertiary/aromatic N) is 2. The van der Waals surface area contributed by atoms with Crippen LogP contribution in [0.1, 0.15) is 85.3 Å². The van der Waals surface area contributed by atoms with Crippen LogP contribution in [0.5, 0.6) is 11.5 Å². The Labute approximate surface area is 348 Å². The lowest BCUT2D eigenvalue weighted by Gasteiger charge is -2.43. The molecule has 1 aromatic heterocycles. The van der Waals surface area contributed by atoms with E-state index < -0.39 is 5.41 Å².